The Bertz CT molecular complexity index is 797. The fourth-order valence-electron chi connectivity index (χ4n) is 10.0. The molecule has 2 nitrogen and oxygen atoms in total. The van der Waals surface area contributed by atoms with Crippen molar-refractivity contribution in [2.24, 2.45) is 46.3 Å². The fraction of sp³-hybridized carbons (Fsp3) is 0.917. The third-order valence-electron chi connectivity index (χ3n) is 12.3. The Morgan fingerprint density at radius 3 is 2.45 bits per heavy atom. The third-order valence-corrected chi connectivity index (χ3v) is 12.3. The minimum absolute atomic E-state index is 0.0522. The summed E-state index contributed by atoms with van der Waals surface area (Å²) in [5.41, 5.74) is 2.54. The maximum atomic E-state index is 12.6. The predicted molar refractivity (Wildman–Crippen MR) is 161 cm³/mol. The number of rotatable bonds is 13. The summed E-state index contributed by atoms with van der Waals surface area (Å²) in [5, 5.41) is 0. The molecule has 0 spiro atoms. The Labute approximate surface area is 236 Å². The van der Waals surface area contributed by atoms with Gasteiger partial charge in [0.05, 0.1) is 0 Å². The van der Waals surface area contributed by atoms with E-state index in [2.05, 4.69) is 47.6 Å². The van der Waals surface area contributed by atoms with Gasteiger partial charge in [0, 0.05) is 12.8 Å². The molecule has 3 fully saturated rings. The van der Waals surface area contributed by atoms with E-state index in [1.54, 1.807) is 5.57 Å². The molecule has 4 aliphatic rings. The number of hydrogen-bond donors (Lipinski definition) is 0. The molecular weight excluding hydrogens is 464 g/mol. The van der Waals surface area contributed by atoms with Gasteiger partial charge in [-0.05, 0) is 97.7 Å². The molecule has 0 heterocycles. The monoisotopic (exact) mass is 526 g/mol. The molecule has 0 N–H and O–H groups in total. The zero-order chi connectivity index (χ0) is 27.3. The molecule has 0 aromatic carbocycles. The highest BCUT2D eigenvalue weighted by molar-refractivity contribution is 5.69. The Morgan fingerprint density at radius 2 is 1.68 bits per heavy atom. The molecule has 4 rings (SSSR count). The van der Waals surface area contributed by atoms with E-state index in [0.29, 0.717) is 17.3 Å². The molecule has 38 heavy (non-hydrogen) atoms. The largest absolute Gasteiger partial charge is 0.462 e. The number of allylic oxidation sites excluding steroid dienone is 1. The molecule has 0 bridgehead atoms. The van der Waals surface area contributed by atoms with Crippen LogP contribution in [0.5, 0.6) is 0 Å². The average molecular weight is 527 g/mol. The van der Waals surface area contributed by atoms with Crippen LogP contribution in [0.3, 0.4) is 0 Å². The van der Waals surface area contributed by atoms with Crippen LogP contribution in [0.25, 0.3) is 0 Å². The van der Waals surface area contributed by atoms with Crippen molar-refractivity contribution in [2.45, 2.75) is 163 Å². The standard InChI is InChI=1S/C36H62O2/c1-7-8-9-10-11-12-16-34(37)38-29-21-23-35(5)28(25-29)17-18-30-32-20-19-31(27(4)15-13-14-26(2)3)36(32,6)24-22-33(30)35/h17,26-27,29-33H,7-16,18-25H2,1-6H3/t27-,29+,30+,31-,32+,33?,35+,36-/m1/s1. The predicted octanol–water partition coefficient (Wildman–Crippen LogP) is 10.7. The van der Waals surface area contributed by atoms with Crippen molar-refractivity contribution in [3.8, 4) is 0 Å². The molecule has 3 saturated carbocycles. The normalized spacial score (nSPS) is 37.2. The summed E-state index contributed by atoms with van der Waals surface area (Å²) in [6.45, 7) is 14.9. The summed E-state index contributed by atoms with van der Waals surface area (Å²) in [7, 11) is 0. The highest BCUT2D eigenvalue weighted by Crippen LogP contribution is 2.67. The van der Waals surface area contributed by atoms with Crippen LogP contribution in [0.4, 0.5) is 0 Å². The zero-order valence-corrected chi connectivity index (χ0v) is 26.2. The molecule has 0 saturated heterocycles. The van der Waals surface area contributed by atoms with Crippen molar-refractivity contribution >= 4 is 5.97 Å². The van der Waals surface area contributed by atoms with Crippen LogP contribution in [0.2, 0.25) is 0 Å². The highest BCUT2D eigenvalue weighted by Gasteiger charge is 2.59. The van der Waals surface area contributed by atoms with Crippen LogP contribution >= 0.6 is 0 Å². The van der Waals surface area contributed by atoms with Crippen LogP contribution < -0.4 is 0 Å². The number of unbranched alkanes of at least 4 members (excludes halogenated alkanes) is 5. The zero-order valence-electron chi connectivity index (χ0n) is 26.2. The quantitative estimate of drug-likeness (QED) is 0.135. The van der Waals surface area contributed by atoms with Gasteiger partial charge in [-0.1, -0.05) is 105 Å². The molecule has 4 aliphatic carbocycles. The number of ether oxygens (including phenoxy) is 1. The van der Waals surface area contributed by atoms with E-state index in [1.165, 1.54) is 89.9 Å². The van der Waals surface area contributed by atoms with Crippen LogP contribution in [0, 0.1) is 46.3 Å². The summed E-state index contributed by atoms with van der Waals surface area (Å²) in [5.74, 6) is 5.34. The van der Waals surface area contributed by atoms with Crippen LogP contribution in [0.15, 0.2) is 11.6 Å². The molecular formula is C36H62O2. The van der Waals surface area contributed by atoms with Gasteiger partial charge in [-0.3, -0.25) is 4.79 Å². The Morgan fingerprint density at radius 1 is 0.921 bits per heavy atom. The summed E-state index contributed by atoms with van der Waals surface area (Å²) in [6, 6.07) is 0. The molecule has 0 amide bonds. The lowest BCUT2D eigenvalue weighted by Gasteiger charge is -2.58. The number of esters is 1. The van der Waals surface area contributed by atoms with Crippen molar-refractivity contribution in [1.29, 1.82) is 0 Å². The second kappa shape index (κ2) is 13.2. The van der Waals surface area contributed by atoms with Gasteiger partial charge in [0.2, 0.25) is 0 Å². The first-order valence-corrected chi connectivity index (χ1v) is 17.1. The molecule has 0 aromatic rings. The first-order chi connectivity index (χ1) is 18.2. The lowest BCUT2D eigenvalue weighted by Crippen LogP contribution is -2.51. The van der Waals surface area contributed by atoms with Gasteiger partial charge in [0.25, 0.3) is 0 Å². The number of fused-ring (bicyclic) bond motifs is 5. The van der Waals surface area contributed by atoms with Crippen LogP contribution in [-0.2, 0) is 9.53 Å². The van der Waals surface area contributed by atoms with E-state index in [1.807, 2.05) is 0 Å². The minimum Gasteiger partial charge on any atom is -0.462 e. The Balaban J connectivity index is 1.31. The molecule has 218 valence electrons. The van der Waals surface area contributed by atoms with E-state index in [4.69, 9.17) is 4.74 Å². The topological polar surface area (TPSA) is 26.3 Å². The highest BCUT2D eigenvalue weighted by atomic mass is 16.5. The molecule has 1 unspecified atom stereocenters. The SMILES string of the molecule is CCCCCCCCC(=O)O[C@H]1CC[C@@]2(C)C(=CC[C@@H]3C2CC[C@]2(C)[C@@H]([C@H](C)CCCC(C)C)CC[C@@H]32)C1. The second-order valence-electron chi connectivity index (χ2n) is 15.2. The second-order valence-corrected chi connectivity index (χ2v) is 15.2. The average Bonchev–Trinajstić information content (AvgIpc) is 3.23. The van der Waals surface area contributed by atoms with E-state index in [0.717, 1.165) is 54.8 Å². The Hall–Kier alpha value is -0.790. The van der Waals surface area contributed by atoms with Crippen molar-refractivity contribution in [3.05, 3.63) is 11.6 Å². The summed E-state index contributed by atoms with van der Waals surface area (Å²) in [6.07, 6.45) is 25.3. The van der Waals surface area contributed by atoms with Gasteiger partial charge >= 0.3 is 5.97 Å². The first kappa shape index (κ1) is 30.2. The van der Waals surface area contributed by atoms with Gasteiger partial charge in [0.1, 0.15) is 6.10 Å². The molecule has 0 aromatic heterocycles. The van der Waals surface area contributed by atoms with Crippen LogP contribution in [0.1, 0.15) is 157 Å². The minimum atomic E-state index is 0.0522. The number of hydrogen-bond acceptors (Lipinski definition) is 2. The molecule has 0 radical (unpaired) electrons. The molecule has 0 aliphatic heterocycles. The summed E-state index contributed by atoms with van der Waals surface area (Å²) < 4.78 is 6.04. The van der Waals surface area contributed by atoms with Crippen molar-refractivity contribution in [2.75, 3.05) is 0 Å². The third kappa shape index (κ3) is 6.57. The van der Waals surface area contributed by atoms with E-state index < -0.39 is 0 Å². The summed E-state index contributed by atoms with van der Waals surface area (Å²) in [4.78, 5) is 12.6. The van der Waals surface area contributed by atoms with Crippen molar-refractivity contribution in [3.63, 3.8) is 0 Å². The maximum absolute atomic E-state index is 12.6. The lowest BCUT2D eigenvalue weighted by molar-refractivity contribution is -0.151. The van der Waals surface area contributed by atoms with Gasteiger partial charge in [-0.25, -0.2) is 0 Å². The number of carbonyl (C=O) groups is 1. The van der Waals surface area contributed by atoms with Crippen molar-refractivity contribution in [1.82, 2.24) is 0 Å². The van der Waals surface area contributed by atoms with Crippen LogP contribution in [-0.4, -0.2) is 12.1 Å². The smallest absolute Gasteiger partial charge is 0.306 e. The fourth-order valence-corrected chi connectivity index (χ4v) is 10.0. The maximum Gasteiger partial charge on any atom is 0.306 e. The van der Waals surface area contributed by atoms with Gasteiger partial charge in [-0.15, -0.1) is 0 Å². The van der Waals surface area contributed by atoms with Gasteiger partial charge in [0.15, 0.2) is 0 Å². The van der Waals surface area contributed by atoms with E-state index in [9.17, 15) is 4.79 Å². The van der Waals surface area contributed by atoms with Crippen molar-refractivity contribution < 1.29 is 9.53 Å². The lowest BCUT2D eigenvalue weighted by atomic mass is 9.47. The molecule has 2 heteroatoms. The first-order valence-electron chi connectivity index (χ1n) is 17.1. The number of carbonyl (C=O) groups excluding carboxylic acids is 1. The van der Waals surface area contributed by atoms with Gasteiger partial charge < -0.3 is 4.74 Å². The van der Waals surface area contributed by atoms with Gasteiger partial charge in [-0.2, -0.15) is 0 Å². The van der Waals surface area contributed by atoms with E-state index in [-0.39, 0.29) is 12.1 Å². The summed E-state index contributed by atoms with van der Waals surface area (Å²) >= 11 is 0. The van der Waals surface area contributed by atoms with E-state index >= 15 is 0 Å². The Kier molecular flexibility index (Phi) is 10.5. The molecule has 8 atom stereocenters.